The molecule has 0 aliphatic heterocycles. The summed E-state index contributed by atoms with van der Waals surface area (Å²) in [6, 6.07) is 15.2. The zero-order valence-corrected chi connectivity index (χ0v) is 17.8. The summed E-state index contributed by atoms with van der Waals surface area (Å²) >= 11 is 4.78. The summed E-state index contributed by atoms with van der Waals surface area (Å²) in [7, 11) is 0. The smallest absolute Gasteiger partial charge is 0.324 e. The Labute approximate surface area is 178 Å². The molecule has 4 aromatic rings. The zero-order chi connectivity index (χ0) is 20.4. The second kappa shape index (κ2) is 8.22. The number of amides is 1. The number of carbonyl (C=O) groups is 1. The molecule has 0 fully saturated rings. The lowest BCUT2D eigenvalue weighted by Gasteiger charge is -2.04. The van der Waals surface area contributed by atoms with Crippen molar-refractivity contribution in [2.75, 3.05) is 5.32 Å². The largest absolute Gasteiger partial charge is 0.350 e. The summed E-state index contributed by atoms with van der Waals surface area (Å²) in [4.78, 5) is 30.4. The fourth-order valence-electron chi connectivity index (χ4n) is 2.72. The van der Waals surface area contributed by atoms with Gasteiger partial charge < -0.3 is 5.32 Å². The van der Waals surface area contributed by atoms with Gasteiger partial charge in [-0.05, 0) is 37.3 Å². The minimum Gasteiger partial charge on any atom is -0.324 e. The number of hydrogen-bond donors (Lipinski definition) is 1. The minimum absolute atomic E-state index is 0.193. The fourth-order valence-corrected chi connectivity index (χ4v) is 3.96. The number of fused-ring (bicyclic) bond motifs is 1. The Hall–Kier alpha value is -2.91. The highest BCUT2D eigenvalue weighted by Gasteiger charge is 2.15. The lowest BCUT2D eigenvalue weighted by atomic mass is 10.2. The van der Waals surface area contributed by atoms with E-state index in [9.17, 15) is 9.59 Å². The summed E-state index contributed by atoms with van der Waals surface area (Å²) in [5.41, 5.74) is 1.83. The van der Waals surface area contributed by atoms with Crippen LogP contribution in [0.5, 0.6) is 0 Å². The third kappa shape index (κ3) is 4.41. The number of halogens is 1. The van der Waals surface area contributed by atoms with Crippen molar-refractivity contribution < 1.29 is 4.79 Å². The molecule has 2 heterocycles. The molecule has 0 aliphatic rings. The molecule has 0 radical (unpaired) electrons. The molecule has 9 heteroatoms. The van der Waals surface area contributed by atoms with Crippen molar-refractivity contribution in [1.29, 1.82) is 0 Å². The van der Waals surface area contributed by atoms with Crippen LogP contribution in [0.25, 0.3) is 5.65 Å². The van der Waals surface area contributed by atoms with E-state index in [0.717, 1.165) is 19.6 Å². The summed E-state index contributed by atoms with van der Waals surface area (Å²) in [6.45, 7) is 1.83. The van der Waals surface area contributed by atoms with Crippen LogP contribution in [0.1, 0.15) is 5.56 Å². The van der Waals surface area contributed by atoms with Crippen LogP contribution >= 0.6 is 27.7 Å². The maximum Gasteiger partial charge on any atom is 0.350 e. The number of hydrogen-bond acceptors (Lipinski definition) is 5. The van der Waals surface area contributed by atoms with E-state index in [2.05, 4.69) is 31.3 Å². The van der Waals surface area contributed by atoms with Crippen molar-refractivity contribution in [1.82, 2.24) is 19.2 Å². The lowest BCUT2D eigenvalue weighted by molar-refractivity contribution is -0.117. The predicted octanol–water partition coefficient (Wildman–Crippen LogP) is 3.75. The molecule has 7 nitrogen and oxygen atoms in total. The van der Waals surface area contributed by atoms with Crippen LogP contribution in [0.2, 0.25) is 0 Å². The van der Waals surface area contributed by atoms with E-state index in [1.165, 1.54) is 16.2 Å². The Balaban J connectivity index is 1.59. The normalized spacial score (nSPS) is 11.0. The van der Waals surface area contributed by atoms with Crippen molar-refractivity contribution in [2.45, 2.75) is 23.4 Å². The van der Waals surface area contributed by atoms with Gasteiger partial charge in [-0.3, -0.25) is 4.79 Å². The number of benzene rings is 2. The molecule has 0 aliphatic carbocycles. The summed E-state index contributed by atoms with van der Waals surface area (Å²) < 4.78 is 3.39. The molecule has 2 aromatic heterocycles. The number of rotatable bonds is 5. The monoisotopic (exact) mass is 469 g/mol. The van der Waals surface area contributed by atoms with Gasteiger partial charge >= 0.3 is 5.69 Å². The van der Waals surface area contributed by atoms with Crippen LogP contribution in [-0.2, 0) is 11.3 Å². The highest BCUT2D eigenvalue weighted by molar-refractivity contribution is 9.10. The SMILES string of the molecule is Cc1ccc(Sc2nccn3c(=O)n(CC(=O)Nc4cccc(Br)c4)nc23)cc1. The van der Waals surface area contributed by atoms with E-state index >= 15 is 0 Å². The first kappa shape index (κ1) is 19.4. The van der Waals surface area contributed by atoms with Crippen molar-refractivity contribution in [2.24, 2.45) is 0 Å². The van der Waals surface area contributed by atoms with Crippen molar-refractivity contribution in [3.63, 3.8) is 0 Å². The van der Waals surface area contributed by atoms with Crippen LogP contribution in [0.4, 0.5) is 5.69 Å². The molecule has 1 amide bonds. The van der Waals surface area contributed by atoms with E-state index in [0.29, 0.717) is 16.4 Å². The van der Waals surface area contributed by atoms with Crippen LogP contribution < -0.4 is 11.0 Å². The minimum atomic E-state index is -0.391. The molecular weight excluding hydrogens is 454 g/mol. The van der Waals surface area contributed by atoms with Gasteiger partial charge in [0.2, 0.25) is 5.91 Å². The first-order chi connectivity index (χ1) is 14.0. The van der Waals surface area contributed by atoms with E-state index in [1.54, 1.807) is 24.5 Å². The van der Waals surface area contributed by atoms with Crippen molar-refractivity contribution in [3.8, 4) is 0 Å². The van der Waals surface area contributed by atoms with Gasteiger partial charge in [-0.1, -0.05) is 51.5 Å². The topological polar surface area (TPSA) is 81.3 Å². The van der Waals surface area contributed by atoms with E-state index in [4.69, 9.17) is 0 Å². The predicted molar refractivity (Wildman–Crippen MR) is 115 cm³/mol. The van der Waals surface area contributed by atoms with E-state index in [1.807, 2.05) is 43.3 Å². The molecule has 0 bridgehead atoms. The molecule has 0 atom stereocenters. The van der Waals surface area contributed by atoms with Crippen molar-refractivity contribution in [3.05, 3.63) is 81.4 Å². The van der Waals surface area contributed by atoms with Crippen LogP contribution in [0, 0.1) is 6.92 Å². The Kier molecular flexibility index (Phi) is 5.50. The average molecular weight is 470 g/mol. The first-order valence-corrected chi connectivity index (χ1v) is 10.3. The number of aryl methyl sites for hydroxylation is 1. The maximum absolute atomic E-state index is 12.7. The molecule has 146 valence electrons. The molecule has 0 saturated heterocycles. The van der Waals surface area contributed by atoms with Crippen LogP contribution in [0.3, 0.4) is 0 Å². The summed E-state index contributed by atoms with van der Waals surface area (Å²) in [5, 5.41) is 7.70. The fraction of sp³-hybridized carbons (Fsp3) is 0.100. The maximum atomic E-state index is 12.7. The lowest BCUT2D eigenvalue weighted by Crippen LogP contribution is -2.28. The molecule has 4 rings (SSSR count). The van der Waals surface area contributed by atoms with Crippen molar-refractivity contribution >= 4 is 44.9 Å². The second-order valence-corrected chi connectivity index (χ2v) is 8.32. The third-order valence-corrected chi connectivity index (χ3v) is 5.59. The van der Waals surface area contributed by atoms with Gasteiger partial charge in [0.1, 0.15) is 11.6 Å². The molecule has 0 spiro atoms. The molecule has 1 N–H and O–H groups in total. The highest BCUT2D eigenvalue weighted by atomic mass is 79.9. The Morgan fingerprint density at radius 3 is 2.76 bits per heavy atom. The zero-order valence-electron chi connectivity index (χ0n) is 15.4. The molecule has 29 heavy (non-hydrogen) atoms. The van der Waals surface area contributed by atoms with Crippen LogP contribution in [0.15, 0.2) is 80.1 Å². The molecule has 2 aromatic carbocycles. The van der Waals surface area contributed by atoms with Gasteiger partial charge in [0.05, 0.1) is 0 Å². The van der Waals surface area contributed by atoms with Gasteiger partial charge in [0.15, 0.2) is 5.65 Å². The third-order valence-electron chi connectivity index (χ3n) is 4.11. The van der Waals surface area contributed by atoms with Gasteiger partial charge in [-0.2, -0.15) is 0 Å². The van der Waals surface area contributed by atoms with Gasteiger partial charge in [-0.25, -0.2) is 18.9 Å². The number of carbonyl (C=O) groups excluding carboxylic acids is 1. The van der Waals surface area contributed by atoms with Gasteiger partial charge in [-0.15, -0.1) is 5.10 Å². The summed E-state index contributed by atoms with van der Waals surface area (Å²) in [5.74, 6) is -0.339. The Bertz CT molecular complexity index is 1250. The molecule has 0 saturated carbocycles. The number of aromatic nitrogens is 4. The van der Waals surface area contributed by atoms with Gasteiger partial charge in [0.25, 0.3) is 0 Å². The quantitative estimate of drug-likeness (QED) is 0.481. The average Bonchev–Trinajstić information content (AvgIpc) is 3.00. The number of anilines is 1. The van der Waals surface area contributed by atoms with E-state index in [-0.39, 0.29) is 12.5 Å². The first-order valence-electron chi connectivity index (χ1n) is 8.74. The molecular formula is C20H16BrN5O2S. The molecule has 0 unspecified atom stereocenters. The standard InChI is InChI=1S/C20H16BrN5O2S/c1-13-5-7-16(8-6-13)29-19-18-24-26(20(28)25(18)10-9-22-19)12-17(27)23-15-4-2-3-14(21)11-15/h2-11H,12H2,1H3,(H,23,27). The number of nitrogens with zero attached hydrogens (tertiary/aromatic N) is 4. The van der Waals surface area contributed by atoms with Gasteiger partial charge in [0, 0.05) is 27.4 Å². The summed E-state index contributed by atoms with van der Waals surface area (Å²) in [6.07, 6.45) is 3.10. The Morgan fingerprint density at radius 2 is 2.00 bits per heavy atom. The Morgan fingerprint density at radius 1 is 1.21 bits per heavy atom. The van der Waals surface area contributed by atoms with E-state index < -0.39 is 5.69 Å². The second-order valence-electron chi connectivity index (χ2n) is 6.34. The highest BCUT2D eigenvalue weighted by Crippen LogP contribution is 2.28. The number of nitrogens with one attached hydrogen (secondary N) is 1. The van der Waals surface area contributed by atoms with Crippen LogP contribution in [-0.4, -0.2) is 25.1 Å².